The van der Waals surface area contributed by atoms with Gasteiger partial charge >= 0.3 is 16.2 Å². The highest BCUT2D eigenvalue weighted by Crippen LogP contribution is 2.30. The minimum absolute atomic E-state index is 0.0335. The molecule has 0 aromatic heterocycles. The maximum absolute atomic E-state index is 12.4. The number of nitrogens with one attached hydrogen (secondary N) is 1. The van der Waals surface area contributed by atoms with Gasteiger partial charge in [0.2, 0.25) is 0 Å². The lowest BCUT2D eigenvalue weighted by atomic mass is 10.2. The number of rotatable bonds is 6. The third kappa shape index (κ3) is 4.96. The monoisotopic (exact) mass is 378 g/mol. The van der Waals surface area contributed by atoms with Crippen LogP contribution in [0.1, 0.15) is 11.1 Å². The fourth-order valence-corrected chi connectivity index (χ4v) is 2.85. The Kier molecular flexibility index (Phi) is 6.18. The number of hydrazone groups is 1. The number of hydrogen-bond donors (Lipinski definition) is 1. The molecule has 1 amide bonds. The summed E-state index contributed by atoms with van der Waals surface area (Å²) in [5, 5.41) is 3.68. The Morgan fingerprint density at radius 1 is 1.08 bits per heavy atom. The molecule has 0 saturated heterocycles. The van der Waals surface area contributed by atoms with Gasteiger partial charge in [-0.25, -0.2) is 10.2 Å². The number of amides is 1. The van der Waals surface area contributed by atoms with Crippen LogP contribution in [0.2, 0.25) is 0 Å². The van der Waals surface area contributed by atoms with Gasteiger partial charge in [0, 0.05) is 0 Å². The standard InChI is InChI=1S/C17H18N2O6S/c1-12-4-7-14(8-5-12)26(21,22)25-15-9-6-13(10-16(15)23-2)11-18-19-17(20)24-3/h4-11H,1-3H3,(H,19,20)/b18-11+. The van der Waals surface area contributed by atoms with Crippen molar-refractivity contribution in [1.82, 2.24) is 5.43 Å². The van der Waals surface area contributed by atoms with Crippen LogP contribution in [0.5, 0.6) is 11.5 Å². The predicted molar refractivity (Wildman–Crippen MR) is 95.1 cm³/mol. The molecule has 1 N–H and O–H groups in total. The van der Waals surface area contributed by atoms with Crippen molar-refractivity contribution in [2.75, 3.05) is 14.2 Å². The van der Waals surface area contributed by atoms with Crippen molar-refractivity contribution in [3.8, 4) is 11.5 Å². The molecule has 0 aliphatic heterocycles. The molecule has 2 rings (SSSR count). The zero-order chi connectivity index (χ0) is 19.2. The topological polar surface area (TPSA) is 103 Å². The summed E-state index contributed by atoms with van der Waals surface area (Å²) in [5.74, 6) is 0.230. The van der Waals surface area contributed by atoms with Crippen LogP contribution in [0.3, 0.4) is 0 Å². The van der Waals surface area contributed by atoms with E-state index in [4.69, 9.17) is 8.92 Å². The third-order valence-corrected chi connectivity index (χ3v) is 4.50. The lowest BCUT2D eigenvalue weighted by Gasteiger charge is -2.11. The molecule has 9 heteroatoms. The molecule has 8 nitrogen and oxygen atoms in total. The van der Waals surface area contributed by atoms with Gasteiger partial charge in [-0.15, -0.1) is 0 Å². The zero-order valence-corrected chi connectivity index (χ0v) is 15.2. The molecule has 26 heavy (non-hydrogen) atoms. The van der Waals surface area contributed by atoms with E-state index in [1.165, 1.54) is 44.7 Å². The summed E-state index contributed by atoms with van der Waals surface area (Å²) in [6, 6.07) is 10.8. The van der Waals surface area contributed by atoms with Gasteiger partial charge in [0.05, 0.1) is 20.4 Å². The van der Waals surface area contributed by atoms with Crippen molar-refractivity contribution in [2.45, 2.75) is 11.8 Å². The molecule has 0 radical (unpaired) electrons. The van der Waals surface area contributed by atoms with Crippen molar-refractivity contribution in [3.05, 3.63) is 53.6 Å². The van der Waals surface area contributed by atoms with Crippen LogP contribution in [0.25, 0.3) is 0 Å². The second-order valence-corrected chi connectivity index (χ2v) is 6.67. The van der Waals surface area contributed by atoms with E-state index >= 15 is 0 Å². The molecule has 2 aromatic carbocycles. The van der Waals surface area contributed by atoms with Crippen molar-refractivity contribution in [3.63, 3.8) is 0 Å². The van der Waals surface area contributed by atoms with E-state index in [0.717, 1.165) is 5.56 Å². The number of hydrogen-bond acceptors (Lipinski definition) is 7. The number of nitrogens with zero attached hydrogens (tertiary/aromatic N) is 1. The van der Waals surface area contributed by atoms with Crippen molar-refractivity contribution in [1.29, 1.82) is 0 Å². The molecule has 2 aromatic rings. The number of carbonyl (C=O) groups is 1. The summed E-state index contributed by atoms with van der Waals surface area (Å²) in [7, 11) is -1.39. The summed E-state index contributed by atoms with van der Waals surface area (Å²) in [6.45, 7) is 1.86. The van der Waals surface area contributed by atoms with Crippen molar-refractivity contribution >= 4 is 22.4 Å². The molecular formula is C17H18N2O6S. The Balaban J connectivity index is 2.21. The highest BCUT2D eigenvalue weighted by atomic mass is 32.2. The van der Waals surface area contributed by atoms with Gasteiger partial charge in [-0.05, 0) is 42.8 Å². The Hall–Kier alpha value is -3.07. The molecule has 0 spiro atoms. The number of benzene rings is 2. The fraction of sp³-hybridized carbons (Fsp3) is 0.176. The molecule has 0 unspecified atom stereocenters. The van der Waals surface area contributed by atoms with Gasteiger partial charge in [-0.1, -0.05) is 17.7 Å². The maximum Gasteiger partial charge on any atom is 0.427 e. The second-order valence-electron chi connectivity index (χ2n) is 5.12. The molecule has 0 heterocycles. The number of carbonyl (C=O) groups excluding carboxylic acids is 1. The van der Waals surface area contributed by atoms with Gasteiger partial charge in [-0.3, -0.25) is 0 Å². The zero-order valence-electron chi connectivity index (χ0n) is 14.4. The summed E-state index contributed by atoms with van der Waals surface area (Å²) >= 11 is 0. The van der Waals surface area contributed by atoms with Gasteiger partial charge in [0.1, 0.15) is 4.90 Å². The van der Waals surface area contributed by atoms with E-state index in [-0.39, 0.29) is 16.4 Å². The van der Waals surface area contributed by atoms with Crippen LogP contribution in [-0.4, -0.2) is 34.9 Å². The Morgan fingerprint density at radius 3 is 2.38 bits per heavy atom. The van der Waals surface area contributed by atoms with Gasteiger partial charge in [-0.2, -0.15) is 13.5 Å². The average Bonchev–Trinajstić information content (AvgIpc) is 2.62. The molecule has 138 valence electrons. The predicted octanol–water partition coefficient (Wildman–Crippen LogP) is 2.46. The Bertz CT molecular complexity index is 907. The Labute approximate surface area is 151 Å². The lowest BCUT2D eigenvalue weighted by Crippen LogP contribution is -2.16. The van der Waals surface area contributed by atoms with Crippen LogP contribution in [0.15, 0.2) is 52.5 Å². The Morgan fingerprint density at radius 2 is 1.77 bits per heavy atom. The van der Waals surface area contributed by atoms with Gasteiger partial charge < -0.3 is 13.7 Å². The van der Waals surface area contributed by atoms with Crippen molar-refractivity contribution < 1.29 is 26.9 Å². The van der Waals surface area contributed by atoms with Crippen LogP contribution in [0.4, 0.5) is 4.79 Å². The van der Waals surface area contributed by atoms with Crippen LogP contribution < -0.4 is 14.3 Å². The minimum Gasteiger partial charge on any atom is -0.493 e. The smallest absolute Gasteiger partial charge is 0.427 e. The fourth-order valence-electron chi connectivity index (χ4n) is 1.91. The first-order valence-electron chi connectivity index (χ1n) is 7.42. The first-order valence-corrected chi connectivity index (χ1v) is 8.83. The quantitative estimate of drug-likeness (QED) is 0.470. The first-order chi connectivity index (χ1) is 12.4. The molecule has 0 aliphatic rings. The minimum atomic E-state index is -3.99. The van der Waals surface area contributed by atoms with E-state index in [1.807, 2.05) is 6.92 Å². The lowest BCUT2D eigenvalue weighted by molar-refractivity contribution is 0.171. The highest BCUT2D eigenvalue weighted by Gasteiger charge is 2.19. The molecular weight excluding hydrogens is 360 g/mol. The highest BCUT2D eigenvalue weighted by molar-refractivity contribution is 7.87. The van der Waals surface area contributed by atoms with E-state index < -0.39 is 16.2 Å². The SMILES string of the molecule is COC(=O)N/N=C/c1ccc(OS(=O)(=O)c2ccc(C)cc2)c(OC)c1. The van der Waals surface area contributed by atoms with E-state index in [9.17, 15) is 13.2 Å². The maximum atomic E-state index is 12.4. The van der Waals surface area contributed by atoms with Crippen LogP contribution in [-0.2, 0) is 14.9 Å². The molecule has 0 saturated carbocycles. The first kappa shape index (κ1) is 19.3. The van der Waals surface area contributed by atoms with Crippen molar-refractivity contribution in [2.24, 2.45) is 5.10 Å². The van der Waals surface area contributed by atoms with E-state index in [2.05, 4.69) is 15.3 Å². The molecule has 0 atom stereocenters. The number of ether oxygens (including phenoxy) is 2. The molecule has 0 aliphatic carbocycles. The number of methoxy groups -OCH3 is 2. The summed E-state index contributed by atoms with van der Waals surface area (Å²) in [5.41, 5.74) is 3.63. The average molecular weight is 378 g/mol. The summed E-state index contributed by atoms with van der Waals surface area (Å²) in [4.78, 5) is 11.0. The van der Waals surface area contributed by atoms with Crippen LogP contribution in [0, 0.1) is 6.92 Å². The summed E-state index contributed by atoms with van der Waals surface area (Å²) < 4.78 is 39.5. The second kappa shape index (κ2) is 8.34. The van der Waals surface area contributed by atoms with E-state index in [1.54, 1.807) is 18.2 Å². The van der Waals surface area contributed by atoms with Crippen LogP contribution >= 0.6 is 0 Å². The largest absolute Gasteiger partial charge is 0.493 e. The normalized spacial score (nSPS) is 11.2. The summed E-state index contributed by atoms with van der Waals surface area (Å²) in [6.07, 6.45) is 0.634. The number of aryl methyl sites for hydroxylation is 1. The van der Waals surface area contributed by atoms with E-state index in [0.29, 0.717) is 5.56 Å². The third-order valence-electron chi connectivity index (χ3n) is 3.25. The van der Waals surface area contributed by atoms with Gasteiger partial charge in [0.25, 0.3) is 0 Å². The van der Waals surface area contributed by atoms with Gasteiger partial charge in [0.15, 0.2) is 11.5 Å². The molecule has 0 bridgehead atoms. The molecule has 0 fully saturated rings.